The van der Waals surface area contributed by atoms with Crippen molar-refractivity contribution in [3.63, 3.8) is 0 Å². The van der Waals surface area contributed by atoms with E-state index >= 15 is 0 Å². The van der Waals surface area contributed by atoms with Gasteiger partial charge in [-0.15, -0.1) is 0 Å². The van der Waals surface area contributed by atoms with Crippen molar-refractivity contribution in [2.75, 3.05) is 6.61 Å². The summed E-state index contributed by atoms with van der Waals surface area (Å²) in [4.78, 5) is 47.2. The standard InChI is InChI=1S/C12H11N3O6/c1-2-21-10(16)6-14-9-4-3-7(15(19)20)5-8(9)13-11(17)12(14)18/h3-5H,2,6H2,1H3,(H,13,17). The van der Waals surface area contributed by atoms with E-state index in [4.69, 9.17) is 4.74 Å². The number of carbonyl (C=O) groups excluding carboxylic acids is 1. The van der Waals surface area contributed by atoms with Gasteiger partial charge in [0.15, 0.2) is 0 Å². The smallest absolute Gasteiger partial charge is 0.326 e. The van der Waals surface area contributed by atoms with Crippen LogP contribution in [0.15, 0.2) is 27.8 Å². The molecule has 9 heteroatoms. The van der Waals surface area contributed by atoms with Gasteiger partial charge >= 0.3 is 17.1 Å². The average molecular weight is 293 g/mol. The second kappa shape index (κ2) is 5.57. The number of nitrogens with one attached hydrogen (secondary N) is 1. The van der Waals surface area contributed by atoms with Gasteiger partial charge in [-0.05, 0) is 13.0 Å². The summed E-state index contributed by atoms with van der Waals surface area (Å²) in [5, 5.41) is 10.7. The van der Waals surface area contributed by atoms with Crippen LogP contribution in [0.5, 0.6) is 0 Å². The molecule has 0 saturated heterocycles. The molecule has 0 amide bonds. The molecule has 0 aliphatic rings. The van der Waals surface area contributed by atoms with Crippen molar-refractivity contribution in [2.45, 2.75) is 13.5 Å². The zero-order valence-corrected chi connectivity index (χ0v) is 11.0. The normalized spacial score (nSPS) is 10.5. The first-order valence-electron chi connectivity index (χ1n) is 6.01. The fourth-order valence-corrected chi connectivity index (χ4v) is 1.87. The van der Waals surface area contributed by atoms with E-state index in [0.29, 0.717) is 0 Å². The number of fused-ring (bicyclic) bond motifs is 1. The summed E-state index contributed by atoms with van der Waals surface area (Å²) in [6.45, 7) is 1.31. The Kier molecular flexibility index (Phi) is 3.83. The minimum Gasteiger partial charge on any atom is -0.465 e. The van der Waals surface area contributed by atoms with E-state index in [9.17, 15) is 24.5 Å². The second-order valence-electron chi connectivity index (χ2n) is 4.11. The molecule has 0 fully saturated rings. The maximum atomic E-state index is 11.8. The zero-order valence-electron chi connectivity index (χ0n) is 11.0. The molecule has 2 rings (SSSR count). The highest BCUT2D eigenvalue weighted by Crippen LogP contribution is 2.17. The van der Waals surface area contributed by atoms with Crippen LogP contribution in [0.2, 0.25) is 0 Å². The van der Waals surface area contributed by atoms with Crippen molar-refractivity contribution in [2.24, 2.45) is 0 Å². The Bertz CT molecular complexity index is 835. The van der Waals surface area contributed by atoms with Crippen LogP contribution in [0.25, 0.3) is 11.0 Å². The maximum Gasteiger partial charge on any atom is 0.326 e. The Morgan fingerprint density at radius 3 is 2.76 bits per heavy atom. The lowest BCUT2D eigenvalue weighted by Gasteiger charge is -2.08. The monoisotopic (exact) mass is 293 g/mol. The van der Waals surface area contributed by atoms with Gasteiger partial charge < -0.3 is 9.72 Å². The van der Waals surface area contributed by atoms with Gasteiger partial charge in [-0.1, -0.05) is 0 Å². The van der Waals surface area contributed by atoms with Crippen LogP contribution in [-0.4, -0.2) is 27.1 Å². The van der Waals surface area contributed by atoms with Crippen LogP contribution in [0.3, 0.4) is 0 Å². The first-order valence-corrected chi connectivity index (χ1v) is 6.01. The predicted octanol–water partition coefficient (Wildman–Crippen LogP) is 0.161. The number of nitrogens with zero attached hydrogens (tertiary/aromatic N) is 2. The van der Waals surface area contributed by atoms with E-state index in [1.54, 1.807) is 6.92 Å². The summed E-state index contributed by atoms with van der Waals surface area (Å²) in [5.41, 5.74) is -1.83. The lowest BCUT2D eigenvalue weighted by atomic mass is 10.2. The quantitative estimate of drug-likeness (QED) is 0.370. The molecule has 1 aromatic heterocycles. The topological polar surface area (TPSA) is 124 Å². The average Bonchev–Trinajstić information content (AvgIpc) is 2.43. The highest BCUT2D eigenvalue weighted by molar-refractivity contribution is 5.79. The number of ether oxygens (including phenoxy) is 1. The van der Waals surface area contributed by atoms with Gasteiger partial charge in [0.25, 0.3) is 5.69 Å². The third-order valence-electron chi connectivity index (χ3n) is 2.76. The Hall–Kier alpha value is -2.97. The van der Waals surface area contributed by atoms with Gasteiger partial charge in [-0.3, -0.25) is 29.1 Å². The van der Waals surface area contributed by atoms with Gasteiger partial charge in [0, 0.05) is 12.1 Å². The molecule has 0 spiro atoms. The maximum absolute atomic E-state index is 11.8. The molecule has 0 radical (unpaired) electrons. The predicted molar refractivity (Wildman–Crippen MR) is 72.1 cm³/mol. The molecule has 0 aliphatic heterocycles. The van der Waals surface area contributed by atoms with E-state index in [2.05, 4.69) is 4.98 Å². The van der Waals surface area contributed by atoms with Gasteiger partial charge in [0.1, 0.15) is 6.54 Å². The fourth-order valence-electron chi connectivity index (χ4n) is 1.87. The number of nitro benzene ring substituents is 1. The van der Waals surface area contributed by atoms with Crippen LogP contribution in [-0.2, 0) is 16.1 Å². The number of hydrogen-bond donors (Lipinski definition) is 1. The fraction of sp³-hybridized carbons (Fsp3) is 0.250. The number of benzene rings is 1. The number of nitro groups is 1. The number of carbonyl (C=O) groups is 1. The number of hydrogen-bond acceptors (Lipinski definition) is 6. The van der Waals surface area contributed by atoms with Gasteiger partial charge in [-0.25, -0.2) is 0 Å². The van der Waals surface area contributed by atoms with Crippen molar-refractivity contribution in [1.82, 2.24) is 9.55 Å². The highest BCUT2D eigenvalue weighted by atomic mass is 16.6. The minimum absolute atomic E-state index is 0.0955. The van der Waals surface area contributed by atoms with E-state index < -0.39 is 28.6 Å². The molecule has 1 heterocycles. The number of H-pyrrole nitrogens is 1. The van der Waals surface area contributed by atoms with Crippen LogP contribution in [0.1, 0.15) is 6.92 Å². The van der Waals surface area contributed by atoms with Crippen LogP contribution in [0, 0.1) is 10.1 Å². The van der Waals surface area contributed by atoms with Crippen molar-refractivity contribution >= 4 is 22.7 Å². The summed E-state index contributed by atoms with van der Waals surface area (Å²) >= 11 is 0. The molecule has 0 atom stereocenters. The SMILES string of the molecule is CCOC(=O)Cn1c(=O)c(=O)[nH]c2cc([N+](=O)[O-])ccc21. The molecule has 9 nitrogen and oxygen atoms in total. The first-order chi connectivity index (χ1) is 9.93. The molecule has 2 aromatic rings. The number of rotatable bonds is 4. The molecule has 21 heavy (non-hydrogen) atoms. The molecule has 0 unspecified atom stereocenters. The van der Waals surface area contributed by atoms with Gasteiger partial charge in [0.2, 0.25) is 0 Å². The molecule has 0 aliphatic carbocycles. The van der Waals surface area contributed by atoms with Crippen LogP contribution < -0.4 is 11.1 Å². The van der Waals surface area contributed by atoms with Crippen molar-refractivity contribution in [1.29, 1.82) is 0 Å². The summed E-state index contributed by atoms with van der Waals surface area (Å²) in [6.07, 6.45) is 0. The molecular weight excluding hydrogens is 282 g/mol. The second-order valence-corrected chi connectivity index (χ2v) is 4.11. The summed E-state index contributed by atoms with van der Waals surface area (Å²) in [6, 6.07) is 3.60. The highest BCUT2D eigenvalue weighted by Gasteiger charge is 2.14. The van der Waals surface area contributed by atoms with Crippen LogP contribution >= 0.6 is 0 Å². The van der Waals surface area contributed by atoms with E-state index in [0.717, 1.165) is 10.6 Å². The van der Waals surface area contributed by atoms with E-state index in [1.807, 2.05) is 0 Å². The largest absolute Gasteiger partial charge is 0.465 e. The molecule has 0 bridgehead atoms. The summed E-state index contributed by atoms with van der Waals surface area (Å²) in [5.74, 6) is -0.676. The van der Waals surface area contributed by atoms with E-state index in [-0.39, 0.29) is 23.3 Å². The number of esters is 1. The molecule has 0 saturated carbocycles. The Balaban J connectivity index is 2.65. The van der Waals surface area contributed by atoms with Crippen molar-refractivity contribution in [3.05, 3.63) is 49.0 Å². The number of aromatic amines is 1. The van der Waals surface area contributed by atoms with Gasteiger partial charge in [0.05, 0.1) is 22.6 Å². The number of non-ortho nitro benzene ring substituents is 1. The van der Waals surface area contributed by atoms with Crippen LogP contribution in [0.4, 0.5) is 5.69 Å². The Labute approximate surface area is 116 Å². The van der Waals surface area contributed by atoms with Gasteiger partial charge in [-0.2, -0.15) is 0 Å². The first kappa shape index (κ1) is 14.4. The van der Waals surface area contributed by atoms with Crippen molar-refractivity contribution in [3.8, 4) is 0 Å². The zero-order chi connectivity index (χ0) is 15.6. The molecule has 1 N–H and O–H groups in total. The summed E-state index contributed by atoms with van der Waals surface area (Å²) in [7, 11) is 0. The Morgan fingerprint density at radius 1 is 1.43 bits per heavy atom. The van der Waals surface area contributed by atoms with E-state index in [1.165, 1.54) is 12.1 Å². The lowest BCUT2D eigenvalue weighted by Crippen LogP contribution is -2.38. The third-order valence-corrected chi connectivity index (χ3v) is 2.76. The summed E-state index contributed by atoms with van der Waals surface area (Å²) < 4.78 is 5.66. The third kappa shape index (κ3) is 2.81. The molecular formula is C12H11N3O6. The molecule has 110 valence electrons. The lowest BCUT2D eigenvalue weighted by molar-refractivity contribution is -0.384. The van der Waals surface area contributed by atoms with Crippen molar-refractivity contribution < 1.29 is 14.5 Å². The minimum atomic E-state index is -0.965. The molecule has 1 aromatic carbocycles. The Morgan fingerprint density at radius 2 is 2.14 bits per heavy atom. The number of aromatic nitrogens is 2.